The van der Waals surface area contributed by atoms with Crippen molar-refractivity contribution in [1.29, 1.82) is 0 Å². The van der Waals surface area contributed by atoms with Crippen molar-refractivity contribution in [3.8, 4) is 22.3 Å². The Morgan fingerprint density at radius 3 is 1.30 bits per heavy atom. The standard InChI is InChI=1S/C45H48ClN9O4S2.C45H47ClN8O5S2/c46-35-11-14-40(33-7-3-1-4-8-33)34(27-35)30-53-23-25-54(26-24-53)37-12-15-41-43(28-37)48-32-49-45(41)51-61(58,59)39-13-16-42(44(29-39)55(56)57)50-36(17-20-52-21-18-47-19-22-52)31-60-38-9-5-2-6-10-38;46-34-11-14-40(32-7-3-1-4-8-32)33(25-34)28-52-21-23-53(24-22-52)36-12-15-41-43(26-36)47-31-48-45(41)50-61(58,59)39-13-16-42(44(27-39)54(56)57)49-35(17-19-51-20-18-37(55)29-51)30-60-38-9-5-2-6-10-38/h1-16,27-29,32,36,47,50H,17-26,30-31H2,(H,48,49,51);1-16,25-27,31,35,37,49,55H,17-24,28-30H2,(H,47,48,50)/t36-;35-,37-/m11/s1. The monoisotopic (exact) mass is 1760 g/mol. The van der Waals surface area contributed by atoms with Crippen LogP contribution in [-0.2, 0) is 33.1 Å². The van der Waals surface area contributed by atoms with Gasteiger partial charge in [0, 0.05) is 196 Å². The molecule has 16 rings (SSSR count). The van der Waals surface area contributed by atoms with Gasteiger partial charge in [0.1, 0.15) is 24.0 Å². The molecule has 12 aromatic rings. The summed E-state index contributed by atoms with van der Waals surface area (Å²) in [6.07, 6.45) is 4.44. The van der Waals surface area contributed by atoms with Gasteiger partial charge in [0.25, 0.3) is 31.4 Å². The average molecular weight is 1760 g/mol. The molecular formula is C90H95Cl2N17O9S4. The van der Waals surface area contributed by atoms with E-state index in [0.717, 1.165) is 167 Å². The maximum atomic E-state index is 13.8. The zero-order valence-corrected chi connectivity index (χ0v) is 71.8. The number of aromatic nitrogens is 4. The van der Waals surface area contributed by atoms with Gasteiger partial charge in [-0.15, -0.1) is 23.5 Å². The molecule has 26 nitrogen and oxygen atoms in total. The number of nitrogens with one attached hydrogen (secondary N) is 5. The molecule has 4 aliphatic heterocycles. The molecule has 0 unspecified atom stereocenters. The molecule has 4 fully saturated rings. The molecular weight excluding hydrogens is 1660 g/mol. The Hall–Kier alpha value is -10.6. The average Bonchev–Trinajstić information content (AvgIpc) is 0.835. The number of benzene rings is 10. The van der Waals surface area contributed by atoms with Gasteiger partial charge in [-0.1, -0.05) is 132 Å². The highest BCUT2D eigenvalue weighted by molar-refractivity contribution is 7.99. The number of sulfonamides is 2. The number of aliphatic hydroxyl groups is 1. The van der Waals surface area contributed by atoms with Crippen LogP contribution in [0.15, 0.2) is 263 Å². The summed E-state index contributed by atoms with van der Waals surface area (Å²) in [5, 5.41) is 47.4. The van der Waals surface area contributed by atoms with Crippen LogP contribution in [0.2, 0.25) is 10.0 Å². The first-order chi connectivity index (χ1) is 59.3. The second kappa shape index (κ2) is 40.6. The predicted octanol–water partition coefficient (Wildman–Crippen LogP) is 15.9. The van der Waals surface area contributed by atoms with Crippen molar-refractivity contribution in [1.82, 2.24) is 44.9 Å². The third-order valence-corrected chi connectivity index (χ3v) is 27.9. The number of hydrogen-bond donors (Lipinski definition) is 6. The summed E-state index contributed by atoms with van der Waals surface area (Å²) in [5.41, 5.74) is 9.93. The molecule has 0 spiro atoms. The van der Waals surface area contributed by atoms with Gasteiger partial charge in [-0.05, 0) is 162 Å². The van der Waals surface area contributed by atoms with Gasteiger partial charge in [0.05, 0.1) is 36.8 Å². The molecule has 6 N–H and O–H groups in total. The van der Waals surface area contributed by atoms with E-state index in [-0.39, 0.29) is 62.4 Å². The van der Waals surface area contributed by atoms with Crippen molar-refractivity contribution >= 4 is 134 Å². The fourth-order valence-corrected chi connectivity index (χ4v) is 20.3. The summed E-state index contributed by atoms with van der Waals surface area (Å²) in [7, 11) is -8.57. The van der Waals surface area contributed by atoms with E-state index in [0.29, 0.717) is 57.8 Å². The number of anilines is 6. The highest BCUT2D eigenvalue weighted by Crippen LogP contribution is 2.38. The lowest BCUT2D eigenvalue weighted by Gasteiger charge is -2.36. The Bertz CT molecular complexity index is 5510. The molecule has 0 radical (unpaired) electrons. The van der Waals surface area contributed by atoms with Gasteiger partial charge in [-0.2, -0.15) is 0 Å². The zero-order valence-electron chi connectivity index (χ0n) is 67.1. The lowest BCUT2D eigenvalue weighted by atomic mass is 9.99. The molecule has 6 heterocycles. The molecule has 122 heavy (non-hydrogen) atoms. The Balaban J connectivity index is 0.000000190. The first-order valence-corrected chi connectivity index (χ1v) is 46.4. The molecule has 4 saturated heterocycles. The maximum absolute atomic E-state index is 13.8. The summed E-state index contributed by atoms with van der Waals surface area (Å²) in [6, 6.07) is 71.7. The number of hydrogen-bond acceptors (Lipinski definition) is 24. The smallest absolute Gasteiger partial charge is 0.293 e. The summed E-state index contributed by atoms with van der Waals surface area (Å²) >= 11 is 16.2. The van der Waals surface area contributed by atoms with Gasteiger partial charge in [0.15, 0.2) is 11.6 Å². The number of nitro groups is 2. The SMILES string of the molecule is O=[N+]([O-])c1cc(S(=O)(=O)Nc2ncnc3cc(N4CCN(Cc5cc(Cl)ccc5-c5ccccc5)CC4)ccc23)ccc1N[C@H](CCN1CCNCC1)CSc1ccccc1.O=[N+]([O-])c1cc(S(=O)(=O)Nc2ncnc3cc(N4CCN(Cc5cc(Cl)ccc5-c5ccccc5)CC4)ccc23)ccc1N[C@H](CCN1CC[C@@H](O)C1)CSc1ccccc1. The maximum Gasteiger partial charge on any atom is 0.293 e. The summed E-state index contributed by atoms with van der Waals surface area (Å²) in [6.45, 7) is 14.8. The van der Waals surface area contributed by atoms with Crippen molar-refractivity contribution in [2.24, 2.45) is 0 Å². The minimum Gasteiger partial charge on any atom is -0.392 e. The van der Waals surface area contributed by atoms with E-state index in [1.807, 2.05) is 146 Å². The quantitative estimate of drug-likeness (QED) is 0.0130. The highest BCUT2D eigenvalue weighted by Gasteiger charge is 2.30. The van der Waals surface area contributed by atoms with Crippen LogP contribution < -0.4 is 35.2 Å². The van der Waals surface area contributed by atoms with Crippen LogP contribution >= 0.6 is 46.7 Å². The molecule has 4 aliphatic rings. The van der Waals surface area contributed by atoms with Crippen LogP contribution in [0.25, 0.3) is 44.1 Å². The van der Waals surface area contributed by atoms with E-state index in [4.69, 9.17) is 23.2 Å². The number of aliphatic hydroxyl groups excluding tert-OH is 1. The van der Waals surface area contributed by atoms with Crippen molar-refractivity contribution in [2.75, 3.05) is 146 Å². The van der Waals surface area contributed by atoms with Gasteiger partial charge in [-0.3, -0.25) is 39.5 Å². The van der Waals surface area contributed by atoms with E-state index < -0.39 is 29.9 Å². The number of β-amino-alcohol motifs (C(OH)–C–C–N with tert-alkyl or cyclic N) is 1. The van der Waals surface area contributed by atoms with Gasteiger partial charge in [0.2, 0.25) is 0 Å². The zero-order chi connectivity index (χ0) is 84.5. The molecule has 0 saturated carbocycles. The minimum absolute atomic E-state index is 0.0759. The first kappa shape index (κ1) is 86.4. The second-order valence-electron chi connectivity index (χ2n) is 30.6. The summed E-state index contributed by atoms with van der Waals surface area (Å²) < 4.78 is 60.5. The lowest BCUT2D eigenvalue weighted by molar-refractivity contribution is -0.384. The first-order valence-electron chi connectivity index (χ1n) is 40.7. The molecule has 32 heteroatoms. The highest BCUT2D eigenvalue weighted by atomic mass is 35.5. The van der Waals surface area contributed by atoms with Crippen molar-refractivity contribution in [3.05, 3.63) is 285 Å². The third kappa shape index (κ3) is 22.6. The fourth-order valence-electron chi connectivity index (χ4n) is 15.8. The summed E-state index contributed by atoms with van der Waals surface area (Å²) in [5.74, 6) is 1.46. The normalized spacial score (nSPS) is 16.2. The van der Waals surface area contributed by atoms with E-state index in [1.54, 1.807) is 29.6 Å². The van der Waals surface area contributed by atoms with Crippen LogP contribution in [0.1, 0.15) is 30.4 Å². The van der Waals surface area contributed by atoms with Crippen LogP contribution in [0.5, 0.6) is 0 Å². The van der Waals surface area contributed by atoms with Crippen LogP contribution in [0, 0.1) is 20.2 Å². The number of nitro benzene ring substituents is 2. The van der Waals surface area contributed by atoms with Crippen LogP contribution in [-0.4, -0.2) is 206 Å². The fraction of sp³-hybridized carbons (Fsp3) is 0.289. The Kier molecular flexibility index (Phi) is 28.7. The topological polar surface area (TPSA) is 306 Å². The second-order valence-corrected chi connectivity index (χ2v) is 37.1. The molecule has 10 aromatic carbocycles. The molecule has 0 aliphatic carbocycles. The van der Waals surface area contributed by atoms with Gasteiger partial charge >= 0.3 is 0 Å². The molecule has 0 bridgehead atoms. The predicted molar refractivity (Wildman–Crippen MR) is 490 cm³/mol. The van der Waals surface area contributed by atoms with Crippen molar-refractivity contribution in [3.63, 3.8) is 0 Å². The third-order valence-electron chi connectivity index (χ3n) is 22.4. The number of nitrogens with zero attached hydrogens (tertiary/aromatic N) is 12. The number of piperazine rings is 3. The Morgan fingerprint density at radius 2 is 0.885 bits per heavy atom. The molecule has 3 atom stereocenters. The van der Waals surface area contributed by atoms with E-state index in [1.165, 1.54) is 59.2 Å². The van der Waals surface area contributed by atoms with Crippen LogP contribution in [0.3, 0.4) is 0 Å². The number of fused-ring (bicyclic) bond motifs is 2. The number of halogens is 2. The number of likely N-dealkylation sites (tertiary alicyclic amines) is 1. The van der Waals surface area contributed by atoms with Crippen molar-refractivity contribution in [2.45, 2.75) is 70.1 Å². The van der Waals surface area contributed by atoms with E-state index in [2.05, 4.69) is 117 Å². The largest absolute Gasteiger partial charge is 0.392 e. The number of rotatable bonds is 32. The Labute approximate surface area is 728 Å². The number of thioether (sulfide) groups is 2. The molecule has 0 amide bonds. The van der Waals surface area contributed by atoms with E-state index in [9.17, 15) is 42.2 Å². The van der Waals surface area contributed by atoms with Gasteiger partial charge in [-0.25, -0.2) is 36.8 Å². The van der Waals surface area contributed by atoms with E-state index >= 15 is 0 Å². The van der Waals surface area contributed by atoms with Crippen LogP contribution in [0.4, 0.5) is 45.8 Å². The lowest BCUT2D eigenvalue weighted by Crippen LogP contribution is -2.46. The molecule has 632 valence electrons. The summed E-state index contributed by atoms with van der Waals surface area (Å²) in [4.78, 5) is 56.9. The molecule has 2 aromatic heterocycles. The Morgan fingerprint density at radius 1 is 0.467 bits per heavy atom. The van der Waals surface area contributed by atoms with Gasteiger partial charge < -0.3 is 40.7 Å². The minimum atomic E-state index is -4.30. The van der Waals surface area contributed by atoms with Crippen molar-refractivity contribution < 1.29 is 31.8 Å².